The molecule has 0 saturated heterocycles. The summed E-state index contributed by atoms with van der Waals surface area (Å²) >= 11 is 5.87. The number of benzene rings is 2. The minimum Gasteiger partial charge on any atom is -0.497 e. The van der Waals surface area contributed by atoms with Crippen LogP contribution < -0.4 is 9.47 Å². The molecule has 176 valence electrons. The highest BCUT2D eigenvalue weighted by molar-refractivity contribution is 7.89. The molecule has 0 fully saturated rings. The number of ether oxygens (including phenoxy) is 2. The Bertz CT molecular complexity index is 1090. The summed E-state index contributed by atoms with van der Waals surface area (Å²) in [6.07, 6.45) is 0.0628. The molecule has 2 aromatic carbocycles. The maximum atomic E-state index is 13.6. The lowest BCUT2D eigenvalue weighted by molar-refractivity contribution is 0.167. The van der Waals surface area contributed by atoms with Crippen LogP contribution in [0.2, 0.25) is 5.02 Å². The van der Waals surface area contributed by atoms with Gasteiger partial charge < -0.3 is 14.6 Å². The second-order valence-electron chi connectivity index (χ2n) is 7.56. The maximum Gasteiger partial charge on any atom is 0.220 e. The third-order valence-corrected chi connectivity index (χ3v) is 7.76. The zero-order chi connectivity index (χ0) is 24.0. The van der Waals surface area contributed by atoms with E-state index in [2.05, 4.69) is 4.98 Å². The lowest BCUT2D eigenvalue weighted by atomic mass is 10.2. The maximum absolute atomic E-state index is 13.6. The van der Waals surface area contributed by atoms with Crippen LogP contribution in [0.5, 0.6) is 11.5 Å². The molecule has 3 rings (SSSR count). The molecule has 2 atom stereocenters. The molecule has 0 saturated carbocycles. The largest absolute Gasteiger partial charge is 0.497 e. The molecule has 9 heteroatoms. The van der Waals surface area contributed by atoms with E-state index in [0.29, 0.717) is 16.5 Å². The number of rotatable bonds is 10. The van der Waals surface area contributed by atoms with E-state index < -0.39 is 21.4 Å². The average molecular weight is 491 g/mol. The predicted molar refractivity (Wildman–Crippen MR) is 128 cm³/mol. The van der Waals surface area contributed by atoms with Gasteiger partial charge in [0.1, 0.15) is 22.9 Å². The fraction of sp³-hybridized carbons (Fsp3) is 0.292. The Morgan fingerprint density at radius 1 is 0.909 bits per heavy atom. The summed E-state index contributed by atoms with van der Waals surface area (Å²) in [5, 5.41) is 10.1. The van der Waals surface area contributed by atoms with Crippen molar-refractivity contribution < 1.29 is 23.0 Å². The van der Waals surface area contributed by atoms with Gasteiger partial charge in [0.2, 0.25) is 10.0 Å². The average Bonchev–Trinajstić information content (AvgIpc) is 2.84. The van der Waals surface area contributed by atoms with Crippen molar-refractivity contribution in [2.75, 3.05) is 14.2 Å². The number of aromatic nitrogens is 1. The number of aliphatic hydroxyl groups is 1. The highest BCUT2D eigenvalue weighted by atomic mass is 35.5. The molecule has 0 radical (unpaired) electrons. The van der Waals surface area contributed by atoms with Crippen molar-refractivity contribution in [1.82, 2.24) is 9.29 Å². The SMILES string of the molecule is COc1ccc(CN(Cc2ccc(OC)cc2)S(=O)(=O)[C@@H](C)[C@H](O)c2ccc(Cl)cn2)cc1. The summed E-state index contributed by atoms with van der Waals surface area (Å²) in [5.41, 5.74) is 1.82. The number of halogens is 1. The zero-order valence-electron chi connectivity index (χ0n) is 18.7. The Morgan fingerprint density at radius 2 is 1.39 bits per heavy atom. The van der Waals surface area contributed by atoms with Crippen molar-refractivity contribution in [1.29, 1.82) is 0 Å². The summed E-state index contributed by atoms with van der Waals surface area (Å²) in [5.74, 6) is 1.36. The summed E-state index contributed by atoms with van der Waals surface area (Å²) in [4.78, 5) is 4.09. The Labute approximate surface area is 199 Å². The molecule has 1 N–H and O–H groups in total. The Kier molecular flexibility index (Phi) is 8.31. The molecule has 0 aliphatic carbocycles. The Morgan fingerprint density at radius 3 is 1.79 bits per heavy atom. The van der Waals surface area contributed by atoms with Gasteiger partial charge in [-0.15, -0.1) is 0 Å². The fourth-order valence-corrected chi connectivity index (χ4v) is 5.01. The van der Waals surface area contributed by atoms with Gasteiger partial charge in [0.05, 0.1) is 24.9 Å². The number of nitrogens with zero attached hydrogens (tertiary/aromatic N) is 2. The fourth-order valence-electron chi connectivity index (χ4n) is 3.31. The quantitative estimate of drug-likeness (QED) is 0.458. The molecule has 0 unspecified atom stereocenters. The minimum atomic E-state index is -3.94. The van der Waals surface area contributed by atoms with Crippen LogP contribution in [-0.2, 0) is 23.1 Å². The smallest absolute Gasteiger partial charge is 0.220 e. The molecule has 7 nitrogen and oxygen atoms in total. The van der Waals surface area contributed by atoms with E-state index in [1.807, 2.05) is 24.3 Å². The van der Waals surface area contributed by atoms with Crippen molar-refractivity contribution in [2.24, 2.45) is 0 Å². The van der Waals surface area contributed by atoms with Crippen molar-refractivity contribution in [3.63, 3.8) is 0 Å². The third-order valence-electron chi connectivity index (χ3n) is 5.36. The van der Waals surface area contributed by atoms with E-state index in [1.54, 1.807) is 44.6 Å². The van der Waals surface area contributed by atoms with Gasteiger partial charge in [-0.2, -0.15) is 4.31 Å². The Hall–Kier alpha value is -2.65. The Balaban J connectivity index is 1.91. The lowest BCUT2D eigenvalue weighted by Crippen LogP contribution is -2.39. The van der Waals surface area contributed by atoms with Gasteiger partial charge in [-0.05, 0) is 54.4 Å². The number of pyridine rings is 1. The summed E-state index contributed by atoms with van der Waals surface area (Å²) in [7, 11) is -0.793. The summed E-state index contributed by atoms with van der Waals surface area (Å²) < 4.78 is 39.0. The van der Waals surface area contributed by atoms with Gasteiger partial charge in [-0.25, -0.2) is 8.42 Å². The van der Waals surface area contributed by atoms with Gasteiger partial charge in [-0.1, -0.05) is 35.9 Å². The molecule has 33 heavy (non-hydrogen) atoms. The number of hydrogen-bond donors (Lipinski definition) is 1. The van der Waals surface area contributed by atoms with E-state index in [-0.39, 0.29) is 18.8 Å². The highest BCUT2D eigenvalue weighted by Gasteiger charge is 2.35. The van der Waals surface area contributed by atoms with Crippen LogP contribution in [0, 0.1) is 0 Å². The lowest BCUT2D eigenvalue weighted by Gasteiger charge is -2.28. The van der Waals surface area contributed by atoms with Crippen LogP contribution in [0.3, 0.4) is 0 Å². The molecule has 0 amide bonds. The first kappa shape index (κ1) is 25.0. The second-order valence-corrected chi connectivity index (χ2v) is 10.3. The summed E-state index contributed by atoms with van der Waals surface area (Å²) in [6, 6.07) is 17.5. The van der Waals surface area contributed by atoms with E-state index >= 15 is 0 Å². The number of aliphatic hydroxyl groups excluding tert-OH is 1. The number of methoxy groups -OCH3 is 2. The number of sulfonamides is 1. The van der Waals surface area contributed by atoms with Gasteiger partial charge in [0.15, 0.2) is 0 Å². The van der Waals surface area contributed by atoms with E-state index in [4.69, 9.17) is 21.1 Å². The van der Waals surface area contributed by atoms with Crippen molar-refractivity contribution in [2.45, 2.75) is 31.4 Å². The first-order valence-electron chi connectivity index (χ1n) is 10.3. The molecular formula is C24H27ClN2O5S. The molecule has 0 aliphatic rings. The van der Waals surface area contributed by atoms with Gasteiger partial charge in [-0.3, -0.25) is 4.98 Å². The number of hydrogen-bond acceptors (Lipinski definition) is 6. The summed E-state index contributed by atoms with van der Waals surface area (Å²) in [6.45, 7) is 1.73. The third kappa shape index (κ3) is 6.23. The van der Waals surface area contributed by atoms with Gasteiger partial charge in [0.25, 0.3) is 0 Å². The van der Waals surface area contributed by atoms with Crippen LogP contribution in [0.1, 0.15) is 29.8 Å². The van der Waals surface area contributed by atoms with Crippen LogP contribution in [0.15, 0.2) is 66.9 Å². The van der Waals surface area contributed by atoms with E-state index in [9.17, 15) is 13.5 Å². The zero-order valence-corrected chi connectivity index (χ0v) is 20.3. The predicted octanol–water partition coefficient (Wildman–Crippen LogP) is 4.21. The van der Waals surface area contributed by atoms with Gasteiger partial charge >= 0.3 is 0 Å². The van der Waals surface area contributed by atoms with Crippen molar-refractivity contribution >= 4 is 21.6 Å². The first-order chi connectivity index (χ1) is 15.7. The van der Waals surface area contributed by atoms with Gasteiger partial charge in [0, 0.05) is 19.3 Å². The molecule has 3 aromatic rings. The standard InChI is InChI=1S/C24H27ClN2O5S/c1-17(24(28)23-13-8-20(25)14-26-23)33(29,30)27(15-18-4-9-21(31-2)10-5-18)16-19-6-11-22(32-3)12-7-19/h4-14,17,24,28H,15-16H2,1-3H3/t17-,24-/m0/s1. The second kappa shape index (κ2) is 11.0. The molecule has 0 spiro atoms. The van der Waals surface area contributed by atoms with Crippen LogP contribution in [0.25, 0.3) is 0 Å². The van der Waals surface area contributed by atoms with E-state index in [0.717, 1.165) is 11.1 Å². The van der Waals surface area contributed by atoms with Crippen LogP contribution >= 0.6 is 11.6 Å². The molecule has 1 heterocycles. The monoisotopic (exact) mass is 490 g/mol. The molecular weight excluding hydrogens is 464 g/mol. The molecule has 0 aliphatic heterocycles. The molecule has 1 aromatic heterocycles. The van der Waals surface area contributed by atoms with Crippen LogP contribution in [-0.4, -0.2) is 42.3 Å². The minimum absolute atomic E-state index is 0.128. The van der Waals surface area contributed by atoms with Crippen LogP contribution in [0.4, 0.5) is 0 Å². The van der Waals surface area contributed by atoms with E-state index in [1.165, 1.54) is 23.5 Å². The highest BCUT2D eigenvalue weighted by Crippen LogP contribution is 2.27. The first-order valence-corrected chi connectivity index (χ1v) is 12.2. The van der Waals surface area contributed by atoms with Crippen molar-refractivity contribution in [3.8, 4) is 11.5 Å². The van der Waals surface area contributed by atoms with Crippen molar-refractivity contribution in [3.05, 3.63) is 88.7 Å². The molecule has 0 bridgehead atoms. The normalized spacial score (nSPS) is 13.5. The topological polar surface area (TPSA) is 89.0 Å².